The zero-order valence-electron chi connectivity index (χ0n) is 10.3. The van der Waals surface area contributed by atoms with Crippen LogP contribution in [0.4, 0.5) is 0 Å². The summed E-state index contributed by atoms with van der Waals surface area (Å²) in [6.07, 6.45) is 2.07. The number of aliphatic hydroxyl groups is 1. The highest BCUT2D eigenvalue weighted by Gasteiger charge is 2.45. The topological polar surface area (TPSA) is 41.5 Å². The average molecular weight is 253 g/mol. The molecule has 1 aliphatic rings. The molecule has 17 heavy (non-hydrogen) atoms. The monoisotopic (exact) mass is 253 g/mol. The lowest BCUT2D eigenvalue weighted by molar-refractivity contribution is -0.155. The molecule has 94 valence electrons. The van der Waals surface area contributed by atoms with Gasteiger partial charge in [-0.3, -0.25) is 0 Å². The van der Waals surface area contributed by atoms with Gasteiger partial charge in [-0.25, -0.2) is 0 Å². The number of rotatable bonds is 5. The summed E-state index contributed by atoms with van der Waals surface area (Å²) in [5.41, 5.74) is 1.05. The van der Waals surface area contributed by atoms with Gasteiger partial charge < -0.3 is 15.2 Å². The summed E-state index contributed by atoms with van der Waals surface area (Å²) in [7, 11) is 1.93. The fourth-order valence-electron chi connectivity index (χ4n) is 2.34. The lowest BCUT2D eigenvalue weighted by Crippen LogP contribution is -2.53. The maximum Gasteiger partial charge on any atom is 0.0596 e. The Morgan fingerprint density at radius 1 is 1.41 bits per heavy atom. The second-order valence-corrected chi connectivity index (χ2v) is 5.39. The zero-order chi connectivity index (χ0) is 12.3. The van der Waals surface area contributed by atoms with E-state index in [-0.39, 0.29) is 18.1 Å². The molecule has 1 saturated heterocycles. The fraction of sp³-hybridized carbons (Fsp3) is 0.538. The van der Waals surface area contributed by atoms with Gasteiger partial charge in [-0.1, -0.05) is 12.1 Å². The van der Waals surface area contributed by atoms with Gasteiger partial charge in [-0.05, 0) is 31.0 Å². The molecule has 0 aromatic heterocycles. The third kappa shape index (κ3) is 2.36. The Labute approximate surface area is 107 Å². The predicted octanol–water partition coefficient (Wildman–Crippen LogP) is 1.68. The second-order valence-electron chi connectivity index (χ2n) is 4.51. The van der Waals surface area contributed by atoms with Gasteiger partial charge in [0.15, 0.2) is 0 Å². The van der Waals surface area contributed by atoms with Crippen LogP contribution in [-0.2, 0) is 4.74 Å². The SMILES string of the molecule is CNC(c1ccc(SC)cc1)C1(CO)COC1. The van der Waals surface area contributed by atoms with E-state index in [1.807, 2.05) is 7.05 Å². The highest BCUT2D eigenvalue weighted by atomic mass is 32.2. The van der Waals surface area contributed by atoms with Crippen LogP contribution in [0.2, 0.25) is 0 Å². The van der Waals surface area contributed by atoms with Crippen molar-refractivity contribution in [2.24, 2.45) is 5.41 Å². The van der Waals surface area contributed by atoms with Crippen molar-refractivity contribution >= 4 is 11.8 Å². The van der Waals surface area contributed by atoms with Crippen molar-refractivity contribution in [2.45, 2.75) is 10.9 Å². The van der Waals surface area contributed by atoms with E-state index in [0.717, 1.165) is 0 Å². The van der Waals surface area contributed by atoms with E-state index in [1.165, 1.54) is 10.5 Å². The molecule has 2 rings (SSSR count). The minimum Gasteiger partial charge on any atom is -0.396 e. The van der Waals surface area contributed by atoms with Crippen molar-refractivity contribution in [2.75, 3.05) is 33.1 Å². The third-order valence-electron chi connectivity index (χ3n) is 3.44. The van der Waals surface area contributed by atoms with E-state index in [2.05, 4.69) is 35.8 Å². The Morgan fingerprint density at radius 3 is 2.41 bits per heavy atom. The molecule has 0 saturated carbocycles. The summed E-state index contributed by atoms with van der Waals surface area (Å²) >= 11 is 1.74. The van der Waals surface area contributed by atoms with Crippen molar-refractivity contribution in [3.05, 3.63) is 29.8 Å². The van der Waals surface area contributed by atoms with Gasteiger partial charge >= 0.3 is 0 Å². The summed E-state index contributed by atoms with van der Waals surface area (Å²) in [4.78, 5) is 1.26. The summed E-state index contributed by atoms with van der Waals surface area (Å²) in [5, 5.41) is 12.9. The van der Waals surface area contributed by atoms with Crippen LogP contribution in [0, 0.1) is 5.41 Å². The Bertz CT molecular complexity index is 357. The summed E-state index contributed by atoms with van der Waals surface area (Å²) < 4.78 is 5.27. The molecule has 0 spiro atoms. The van der Waals surface area contributed by atoms with E-state index in [1.54, 1.807) is 11.8 Å². The van der Waals surface area contributed by atoms with Crippen molar-refractivity contribution < 1.29 is 9.84 Å². The third-order valence-corrected chi connectivity index (χ3v) is 4.19. The molecule has 1 atom stereocenters. The van der Waals surface area contributed by atoms with E-state index in [4.69, 9.17) is 4.74 Å². The Hall–Kier alpha value is -0.550. The number of benzene rings is 1. The largest absolute Gasteiger partial charge is 0.396 e. The molecule has 4 heteroatoms. The van der Waals surface area contributed by atoms with Crippen LogP contribution < -0.4 is 5.32 Å². The van der Waals surface area contributed by atoms with Gasteiger partial charge in [-0.15, -0.1) is 11.8 Å². The van der Waals surface area contributed by atoms with Crippen LogP contribution >= 0.6 is 11.8 Å². The molecular formula is C13H19NO2S. The molecule has 0 radical (unpaired) electrons. The quantitative estimate of drug-likeness (QED) is 0.783. The Morgan fingerprint density at radius 2 is 2.06 bits per heavy atom. The first-order valence-electron chi connectivity index (χ1n) is 5.75. The number of nitrogens with one attached hydrogen (secondary N) is 1. The molecule has 1 aromatic rings. The first-order valence-corrected chi connectivity index (χ1v) is 6.98. The summed E-state index contributed by atoms with van der Waals surface area (Å²) in [6, 6.07) is 8.65. The minimum atomic E-state index is -0.157. The smallest absolute Gasteiger partial charge is 0.0596 e. The standard InChI is InChI=1S/C13H19NO2S/c1-14-12(13(7-15)8-16-9-13)10-3-5-11(17-2)6-4-10/h3-6,12,14-15H,7-9H2,1-2H3. The van der Waals surface area contributed by atoms with Crippen LogP contribution in [0.1, 0.15) is 11.6 Å². The lowest BCUT2D eigenvalue weighted by Gasteiger charge is -2.46. The Balaban J connectivity index is 2.22. The molecule has 1 heterocycles. The second kappa shape index (κ2) is 5.40. The maximum atomic E-state index is 9.58. The highest BCUT2D eigenvalue weighted by molar-refractivity contribution is 7.98. The molecule has 1 aromatic carbocycles. The number of thioether (sulfide) groups is 1. The highest BCUT2D eigenvalue weighted by Crippen LogP contribution is 2.40. The number of ether oxygens (including phenoxy) is 1. The lowest BCUT2D eigenvalue weighted by atomic mass is 9.76. The van der Waals surface area contributed by atoms with Crippen molar-refractivity contribution in [1.29, 1.82) is 0 Å². The van der Waals surface area contributed by atoms with Crippen molar-refractivity contribution in [3.8, 4) is 0 Å². The van der Waals surface area contributed by atoms with Gasteiger partial charge in [0.05, 0.1) is 25.2 Å². The van der Waals surface area contributed by atoms with Gasteiger partial charge in [-0.2, -0.15) is 0 Å². The number of hydrogen-bond acceptors (Lipinski definition) is 4. The molecule has 1 unspecified atom stereocenters. The van der Waals surface area contributed by atoms with Crippen LogP contribution in [0.3, 0.4) is 0 Å². The first kappa shape index (κ1) is 12.9. The average Bonchev–Trinajstić information content (AvgIpc) is 2.34. The molecule has 0 bridgehead atoms. The summed E-state index contributed by atoms with van der Waals surface area (Å²) in [6.45, 7) is 1.40. The predicted molar refractivity (Wildman–Crippen MR) is 70.4 cm³/mol. The van der Waals surface area contributed by atoms with Gasteiger partial charge in [0, 0.05) is 10.9 Å². The van der Waals surface area contributed by atoms with Crippen molar-refractivity contribution in [3.63, 3.8) is 0 Å². The molecular weight excluding hydrogens is 234 g/mol. The fourth-order valence-corrected chi connectivity index (χ4v) is 2.74. The van der Waals surface area contributed by atoms with Gasteiger partial charge in [0.2, 0.25) is 0 Å². The maximum absolute atomic E-state index is 9.58. The zero-order valence-corrected chi connectivity index (χ0v) is 11.1. The molecule has 1 fully saturated rings. The van der Waals surface area contributed by atoms with Crippen LogP contribution in [0.15, 0.2) is 29.2 Å². The molecule has 2 N–H and O–H groups in total. The normalized spacial score (nSPS) is 19.7. The van der Waals surface area contributed by atoms with Crippen LogP contribution in [0.25, 0.3) is 0 Å². The molecule has 0 aliphatic carbocycles. The molecule has 0 amide bonds. The van der Waals surface area contributed by atoms with E-state index < -0.39 is 0 Å². The van der Waals surface area contributed by atoms with Gasteiger partial charge in [0.25, 0.3) is 0 Å². The van der Waals surface area contributed by atoms with E-state index >= 15 is 0 Å². The van der Waals surface area contributed by atoms with Crippen LogP contribution in [0.5, 0.6) is 0 Å². The van der Waals surface area contributed by atoms with E-state index in [0.29, 0.717) is 13.2 Å². The molecule has 1 aliphatic heterocycles. The van der Waals surface area contributed by atoms with Gasteiger partial charge in [0.1, 0.15) is 0 Å². The summed E-state index contributed by atoms with van der Waals surface area (Å²) in [5.74, 6) is 0. The first-order chi connectivity index (χ1) is 8.25. The van der Waals surface area contributed by atoms with E-state index in [9.17, 15) is 5.11 Å². The molecule has 3 nitrogen and oxygen atoms in total. The Kier molecular flexibility index (Phi) is 4.09. The number of aliphatic hydroxyl groups excluding tert-OH is 1. The van der Waals surface area contributed by atoms with Crippen molar-refractivity contribution in [1.82, 2.24) is 5.32 Å². The minimum absolute atomic E-state index is 0.150. The van der Waals surface area contributed by atoms with Crippen LogP contribution in [-0.4, -0.2) is 38.2 Å². The number of hydrogen-bond donors (Lipinski definition) is 2.